The molecule has 1 amide bonds. The molecule has 16 heavy (non-hydrogen) atoms. The highest BCUT2D eigenvalue weighted by Gasteiger charge is 2.16. The van der Waals surface area contributed by atoms with Crippen LogP contribution in [-0.2, 0) is 0 Å². The molecule has 0 aliphatic rings. The van der Waals surface area contributed by atoms with Crippen molar-refractivity contribution in [1.29, 1.82) is 0 Å². The van der Waals surface area contributed by atoms with Gasteiger partial charge in [-0.25, -0.2) is 4.39 Å². The molecule has 4 nitrogen and oxygen atoms in total. The van der Waals surface area contributed by atoms with E-state index in [9.17, 15) is 9.18 Å². The molecule has 1 aromatic rings. The van der Waals surface area contributed by atoms with E-state index in [1.807, 2.05) is 0 Å². The number of carbonyl (C=O) groups excluding carboxylic acids is 1. The first-order valence-electron chi connectivity index (χ1n) is 4.80. The molecule has 88 valence electrons. The van der Waals surface area contributed by atoms with Crippen LogP contribution in [0.15, 0.2) is 18.2 Å². The lowest BCUT2D eigenvalue weighted by Gasteiger charge is -2.17. The summed E-state index contributed by atoms with van der Waals surface area (Å²) >= 11 is 0. The van der Waals surface area contributed by atoms with E-state index in [4.69, 9.17) is 9.84 Å². The quantitative estimate of drug-likeness (QED) is 0.831. The number of aliphatic hydroxyl groups is 1. The van der Waals surface area contributed by atoms with Crippen molar-refractivity contribution in [3.8, 4) is 5.75 Å². The fourth-order valence-electron chi connectivity index (χ4n) is 1.30. The molecule has 1 N–H and O–H groups in total. The highest BCUT2D eigenvalue weighted by molar-refractivity contribution is 5.96. The van der Waals surface area contributed by atoms with Crippen LogP contribution < -0.4 is 4.74 Å². The average molecular weight is 227 g/mol. The number of halogens is 1. The van der Waals surface area contributed by atoms with Gasteiger partial charge < -0.3 is 14.7 Å². The van der Waals surface area contributed by atoms with Gasteiger partial charge in [-0.3, -0.25) is 4.79 Å². The summed E-state index contributed by atoms with van der Waals surface area (Å²) in [5, 5.41) is 8.71. The molecule has 0 saturated carbocycles. The molecule has 0 unspecified atom stereocenters. The van der Waals surface area contributed by atoms with Crippen LogP contribution in [0.5, 0.6) is 5.75 Å². The van der Waals surface area contributed by atoms with E-state index >= 15 is 0 Å². The van der Waals surface area contributed by atoms with Crippen LogP contribution in [0.2, 0.25) is 0 Å². The summed E-state index contributed by atoms with van der Waals surface area (Å²) in [6.07, 6.45) is 0. The lowest BCUT2D eigenvalue weighted by Crippen LogP contribution is -2.29. The second kappa shape index (κ2) is 5.46. The molecular weight excluding hydrogens is 213 g/mol. The van der Waals surface area contributed by atoms with Crippen LogP contribution in [0.4, 0.5) is 4.39 Å². The summed E-state index contributed by atoms with van der Waals surface area (Å²) in [6.45, 7) is 0.0539. The highest BCUT2D eigenvalue weighted by Crippen LogP contribution is 2.20. The van der Waals surface area contributed by atoms with Gasteiger partial charge in [-0.1, -0.05) is 0 Å². The Morgan fingerprint density at radius 3 is 2.81 bits per heavy atom. The number of ether oxygens (including phenoxy) is 1. The lowest BCUT2D eigenvalue weighted by molar-refractivity contribution is 0.0763. The van der Waals surface area contributed by atoms with Gasteiger partial charge in [0.2, 0.25) is 0 Å². The van der Waals surface area contributed by atoms with E-state index in [1.165, 1.54) is 31.2 Å². The van der Waals surface area contributed by atoms with Gasteiger partial charge in [0.25, 0.3) is 5.91 Å². The topological polar surface area (TPSA) is 49.8 Å². The molecule has 0 atom stereocenters. The van der Waals surface area contributed by atoms with Crippen molar-refractivity contribution in [3.05, 3.63) is 29.6 Å². The molecule has 1 aromatic carbocycles. The highest BCUT2D eigenvalue weighted by atomic mass is 19.1. The van der Waals surface area contributed by atoms with Crippen molar-refractivity contribution in [2.75, 3.05) is 27.3 Å². The maximum absolute atomic E-state index is 13.0. The number of benzene rings is 1. The van der Waals surface area contributed by atoms with Gasteiger partial charge in [0.15, 0.2) is 0 Å². The molecule has 0 heterocycles. The number of likely N-dealkylation sites (N-methyl/N-ethyl adjacent to an activating group) is 1. The van der Waals surface area contributed by atoms with Crippen molar-refractivity contribution in [2.24, 2.45) is 0 Å². The number of hydrogen-bond donors (Lipinski definition) is 1. The average Bonchev–Trinajstić information content (AvgIpc) is 2.28. The fraction of sp³-hybridized carbons (Fsp3) is 0.364. The smallest absolute Gasteiger partial charge is 0.257 e. The van der Waals surface area contributed by atoms with Gasteiger partial charge in [0.05, 0.1) is 19.3 Å². The molecule has 0 fully saturated rings. The van der Waals surface area contributed by atoms with Gasteiger partial charge in [-0.2, -0.15) is 0 Å². The predicted molar refractivity (Wildman–Crippen MR) is 57.0 cm³/mol. The van der Waals surface area contributed by atoms with E-state index in [-0.39, 0.29) is 24.6 Å². The van der Waals surface area contributed by atoms with Crippen LogP contribution in [-0.4, -0.2) is 43.2 Å². The molecule has 0 aromatic heterocycles. The first-order valence-corrected chi connectivity index (χ1v) is 4.80. The Hall–Kier alpha value is -1.62. The van der Waals surface area contributed by atoms with Crippen LogP contribution in [0.25, 0.3) is 0 Å². The Morgan fingerprint density at radius 2 is 2.25 bits per heavy atom. The Kier molecular flexibility index (Phi) is 4.25. The molecule has 0 bridgehead atoms. The fourth-order valence-corrected chi connectivity index (χ4v) is 1.30. The minimum absolute atomic E-state index is 0.139. The third kappa shape index (κ3) is 2.70. The monoisotopic (exact) mass is 227 g/mol. The largest absolute Gasteiger partial charge is 0.496 e. The van der Waals surface area contributed by atoms with E-state index < -0.39 is 5.82 Å². The van der Waals surface area contributed by atoms with Gasteiger partial charge in [0, 0.05) is 13.6 Å². The first kappa shape index (κ1) is 12.4. The summed E-state index contributed by atoms with van der Waals surface area (Å²) in [7, 11) is 2.94. The molecule has 5 heteroatoms. The summed E-state index contributed by atoms with van der Waals surface area (Å²) in [5.41, 5.74) is 0.151. The Bertz CT molecular complexity index is 381. The Balaban J connectivity index is 3.01. The summed E-state index contributed by atoms with van der Waals surface area (Å²) < 4.78 is 18.0. The lowest BCUT2D eigenvalue weighted by atomic mass is 10.1. The predicted octanol–water partition coefficient (Wildman–Crippen LogP) is 0.899. The second-order valence-corrected chi connectivity index (χ2v) is 3.29. The number of rotatable bonds is 4. The van der Waals surface area contributed by atoms with Crippen LogP contribution in [0.1, 0.15) is 10.4 Å². The van der Waals surface area contributed by atoms with Crippen molar-refractivity contribution in [3.63, 3.8) is 0 Å². The van der Waals surface area contributed by atoms with E-state index in [0.29, 0.717) is 5.75 Å². The zero-order valence-corrected chi connectivity index (χ0v) is 9.24. The van der Waals surface area contributed by atoms with Crippen LogP contribution >= 0.6 is 0 Å². The molecular formula is C11H14FNO3. The Morgan fingerprint density at radius 1 is 1.56 bits per heavy atom. The van der Waals surface area contributed by atoms with Gasteiger partial charge in [-0.05, 0) is 18.2 Å². The van der Waals surface area contributed by atoms with Crippen LogP contribution in [0, 0.1) is 5.82 Å². The second-order valence-electron chi connectivity index (χ2n) is 3.29. The number of amides is 1. The van der Waals surface area contributed by atoms with Crippen LogP contribution in [0.3, 0.4) is 0 Å². The third-order valence-corrected chi connectivity index (χ3v) is 2.17. The number of methoxy groups -OCH3 is 1. The van der Waals surface area contributed by atoms with E-state index in [0.717, 1.165) is 6.07 Å². The zero-order chi connectivity index (χ0) is 12.1. The first-order chi connectivity index (χ1) is 7.60. The van der Waals surface area contributed by atoms with E-state index in [2.05, 4.69) is 0 Å². The summed E-state index contributed by atoms with van der Waals surface area (Å²) in [6, 6.07) is 3.74. The summed E-state index contributed by atoms with van der Waals surface area (Å²) in [5.74, 6) is -0.567. The SMILES string of the molecule is COc1ccc(F)cc1C(=O)N(C)CCO. The van der Waals surface area contributed by atoms with Crippen molar-refractivity contribution < 1.29 is 19.0 Å². The maximum Gasteiger partial charge on any atom is 0.257 e. The Labute approximate surface area is 93.3 Å². The number of carbonyl (C=O) groups is 1. The molecule has 0 saturated heterocycles. The molecule has 0 aliphatic heterocycles. The normalized spacial score (nSPS) is 10.0. The minimum Gasteiger partial charge on any atom is -0.496 e. The van der Waals surface area contributed by atoms with Gasteiger partial charge >= 0.3 is 0 Å². The molecule has 1 rings (SSSR count). The molecule has 0 aliphatic carbocycles. The minimum atomic E-state index is -0.499. The van der Waals surface area contributed by atoms with Gasteiger partial charge in [0.1, 0.15) is 11.6 Å². The van der Waals surface area contributed by atoms with E-state index in [1.54, 1.807) is 0 Å². The van der Waals surface area contributed by atoms with Gasteiger partial charge in [-0.15, -0.1) is 0 Å². The molecule has 0 spiro atoms. The third-order valence-electron chi connectivity index (χ3n) is 2.17. The number of aliphatic hydroxyl groups excluding tert-OH is 1. The summed E-state index contributed by atoms with van der Waals surface area (Å²) in [4.78, 5) is 13.1. The zero-order valence-electron chi connectivity index (χ0n) is 9.24. The number of nitrogens with zero attached hydrogens (tertiary/aromatic N) is 1. The molecule has 0 radical (unpaired) electrons. The maximum atomic E-state index is 13.0. The number of hydrogen-bond acceptors (Lipinski definition) is 3. The van der Waals surface area contributed by atoms with Crippen molar-refractivity contribution in [2.45, 2.75) is 0 Å². The van der Waals surface area contributed by atoms with Crippen molar-refractivity contribution >= 4 is 5.91 Å². The standard InChI is InChI=1S/C11H14FNO3/c1-13(5-6-14)11(15)9-7-8(12)3-4-10(9)16-2/h3-4,7,14H,5-6H2,1-2H3. The van der Waals surface area contributed by atoms with Crippen molar-refractivity contribution in [1.82, 2.24) is 4.90 Å².